The Hall–Kier alpha value is -1.10. The van der Waals surface area contributed by atoms with Crippen LogP contribution in [0.1, 0.15) is 22.9 Å². The van der Waals surface area contributed by atoms with E-state index in [0.717, 1.165) is 17.7 Å². The highest BCUT2D eigenvalue weighted by atomic mass is 32.1. The number of hydrogen-bond acceptors (Lipinski definition) is 4. The second-order valence-electron chi connectivity index (χ2n) is 3.49. The minimum absolute atomic E-state index is 0.123. The lowest BCUT2D eigenvalue weighted by molar-refractivity contribution is 0.502. The summed E-state index contributed by atoms with van der Waals surface area (Å²) < 4.78 is 5.27. The van der Waals surface area contributed by atoms with E-state index in [1.807, 2.05) is 13.0 Å². The Morgan fingerprint density at radius 2 is 2.40 bits per heavy atom. The van der Waals surface area contributed by atoms with E-state index in [-0.39, 0.29) is 6.04 Å². The molecule has 2 rings (SSSR count). The van der Waals surface area contributed by atoms with Gasteiger partial charge in [0.25, 0.3) is 0 Å². The van der Waals surface area contributed by atoms with E-state index in [1.54, 1.807) is 17.6 Å². The molecule has 0 radical (unpaired) electrons. The maximum Gasteiger partial charge on any atom is 0.105 e. The van der Waals surface area contributed by atoms with E-state index in [1.165, 1.54) is 5.56 Å². The van der Waals surface area contributed by atoms with Crippen LogP contribution in [-0.2, 0) is 6.42 Å². The van der Waals surface area contributed by atoms with Crippen LogP contribution in [0.3, 0.4) is 0 Å². The summed E-state index contributed by atoms with van der Waals surface area (Å²) >= 11 is 1.70. The van der Waals surface area contributed by atoms with Gasteiger partial charge in [0.05, 0.1) is 12.3 Å². The van der Waals surface area contributed by atoms with Crippen molar-refractivity contribution in [1.29, 1.82) is 0 Å². The molecule has 2 heterocycles. The fourth-order valence-electron chi connectivity index (χ4n) is 1.66. The second kappa shape index (κ2) is 4.61. The van der Waals surface area contributed by atoms with E-state index < -0.39 is 0 Å². The van der Waals surface area contributed by atoms with Crippen molar-refractivity contribution in [3.8, 4) is 0 Å². The molecule has 1 unspecified atom stereocenters. The molecule has 80 valence electrons. The van der Waals surface area contributed by atoms with Crippen LogP contribution in [0.25, 0.3) is 0 Å². The summed E-state index contributed by atoms with van der Waals surface area (Å²) in [5, 5.41) is 4.21. The Bertz CT molecular complexity index is 408. The molecule has 3 nitrogen and oxygen atoms in total. The topological polar surface area (TPSA) is 51.2 Å². The summed E-state index contributed by atoms with van der Waals surface area (Å²) in [6, 6.07) is 4.20. The molecular formula is C11H14N2OS. The third-order valence-electron chi connectivity index (χ3n) is 2.50. The minimum atomic E-state index is 0.123. The molecule has 1 atom stereocenters. The molecule has 0 aromatic carbocycles. The fraction of sp³-hybridized carbons (Fsp3) is 0.273. The number of furan rings is 1. The Labute approximate surface area is 92.9 Å². The number of nitrogens with two attached hydrogens (primary N) is 1. The Morgan fingerprint density at radius 1 is 1.53 bits per heavy atom. The van der Waals surface area contributed by atoms with Crippen molar-refractivity contribution in [3.63, 3.8) is 0 Å². The molecule has 0 saturated heterocycles. The Balaban J connectivity index is 2.15. The zero-order valence-electron chi connectivity index (χ0n) is 8.57. The van der Waals surface area contributed by atoms with Gasteiger partial charge in [-0.1, -0.05) is 0 Å². The van der Waals surface area contributed by atoms with Crippen molar-refractivity contribution >= 4 is 11.3 Å². The summed E-state index contributed by atoms with van der Waals surface area (Å²) in [5.41, 5.74) is 5.25. The largest absolute Gasteiger partial charge is 0.469 e. The molecule has 0 amide bonds. The number of nitrogens with one attached hydrogen (secondary N) is 1. The van der Waals surface area contributed by atoms with E-state index in [2.05, 4.69) is 22.3 Å². The standard InChI is InChI=1S/C11H14N2OS/c1-8-10(2-4-14-8)11(13-12)6-9-3-5-15-7-9/h2-5,7,11,13H,6,12H2,1H3. The fourth-order valence-corrected chi connectivity index (χ4v) is 2.34. The van der Waals surface area contributed by atoms with Crippen molar-refractivity contribution in [2.45, 2.75) is 19.4 Å². The molecule has 0 aliphatic heterocycles. The van der Waals surface area contributed by atoms with Gasteiger partial charge in [-0.15, -0.1) is 0 Å². The highest BCUT2D eigenvalue weighted by Crippen LogP contribution is 2.22. The third-order valence-corrected chi connectivity index (χ3v) is 3.23. The van der Waals surface area contributed by atoms with Gasteiger partial charge in [0.1, 0.15) is 5.76 Å². The summed E-state index contributed by atoms with van der Waals surface area (Å²) in [6.07, 6.45) is 2.59. The molecule has 4 heteroatoms. The quantitative estimate of drug-likeness (QED) is 0.617. The van der Waals surface area contributed by atoms with Gasteiger partial charge in [0, 0.05) is 5.56 Å². The van der Waals surface area contributed by atoms with Crippen LogP contribution in [0.15, 0.2) is 33.6 Å². The average Bonchev–Trinajstić information content (AvgIpc) is 2.85. The molecule has 0 aliphatic rings. The van der Waals surface area contributed by atoms with Crippen molar-refractivity contribution in [2.24, 2.45) is 5.84 Å². The molecule has 0 saturated carbocycles. The number of hydrazine groups is 1. The van der Waals surface area contributed by atoms with E-state index >= 15 is 0 Å². The summed E-state index contributed by atoms with van der Waals surface area (Å²) in [5.74, 6) is 6.49. The first-order valence-corrected chi connectivity index (χ1v) is 5.76. The van der Waals surface area contributed by atoms with Crippen LogP contribution in [0.2, 0.25) is 0 Å². The van der Waals surface area contributed by atoms with Crippen molar-refractivity contribution in [3.05, 3.63) is 46.0 Å². The van der Waals surface area contributed by atoms with Crippen LogP contribution in [0.5, 0.6) is 0 Å². The second-order valence-corrected chi connectivity index (χ2v) is 4.27. The molecule has 0 aliphatic carbocycles. The molecular weight excluding hydrogens is 208 g/mol. The molecule has 3 N–H and O–H groups in total. The first-order chi connectivity index (χ1) is 7.31. The molecule has 2 aromatic rings. The van der Waals surface area contributed by atoms with Crippen molar-refractivity contribution in [2.75, 3.05) is 0 Å². The maximum atomic E-state index is 5.56. The molecule has 0 fully saturated rings. The van der Waals surface area contributed by atoms with Gasteiger partial charge in [-0.3, -0.25) is 11.3 Å². The normalized spacial score (nSPS) is 12.9. The van der Waals surface area contributed by atoms with Crippen LogP contribution < -0.4 is 11.3 Å². The van der Waals surface area contributed by atoms with E-state index in [0.29, 0.717) is 0 Å². The zero-order chi connectivity index (χ0) is 10.7. The minimum Gasteiger partial charge on any atom is -0.469 e. The maximum absolute atomic E-state index is 5.56. The van der Waals surface area contributed by atoms with E-state index in [4.69, 9.17) is 10.3 Å². The molecule has 0 spiro atoms. The van der Waals surface area contributed by atoms with Gasteiger partial charge in [-0.2, -0.15) is 11.3 Å². The van der Waals surface area contributed by atoms with Crippen LogP contribution in [-0.4, -0.2) is 0 Å². The summed E-state index contributed by atoms with van der Waals surface area (Å²) in [7, 11) is 0. The number of thiophene rings is 1. The predicted octanol–water partition coefficient (Wildman–Crippen LogP) is 2.40. The monoisotopic (exact) mass is 222 g/mol. The van der Waals surface area contributed by atoms with Crippen molar-refractivity contribution < 1.29 is 4.42 Å². The van der Waals surface area contributed by atoms with Crippen molar-refractivity contribution in [1.82, 2.24) is 5.43 Å². The molecule has 2 aromatic heterocycles. The number of rotatable bonds is 4. The smallest absolute Gasteiger partial charge is 0.105 e. The Morgan fingerprint density at radius 3 is 2.93 bits per heavy atom. The summed E-state index contributed by atoms with van der Waals surface area (Å²) in [4.78, 5) is 0. The number of hydrogen-bond donors (Lipinski definition) is 2. The third kappa shape index (κ3) is 2.28. The lowest BCUT2D eigenvalue weighted by Gasteiger charge is -2.14. The Kier molecular flexibility index (Phi) is 3.20. The lowest BCUT2D eigenvalue weighted by Crippen LogP contribution is -2.29. The van der Waals surface area contributed by atoms with Crippen LogP contribution in [0.4, 0.5) is 0 Å². The van der Waals surface area contributed by atoms with Gasteiger partial charge >= 0.3 is 0 Å². The first-order valence-electron chi connectivity index (χ1n) is 4.82. The molecule has 0 bridgehead atoms. The van der Waals surface area contributed by atoms with E-state index in [9.17, 15) is 0 Å². The predicted molar refractivity (Wildman–Crippen MR) is 61.5 cm³/mol. The highest BCUT2D eigenvalue weighted by molar-refractivity contribution is 7.07. The van der Waals surface area contributed by atoms with Gasteiger partial charge in [-0.25, -0.2) is 0 Å². The lowest BCUT2D eigenvalue weighted by atomic mass is 10.0. The van der Waals surface area contributed by atoms with Gasteiger partial charge in [0.15, 0.2) is 0 Å². The zero-order valence-corrected chi connectivity index (χ0v) is 9.38. The number of aryl methyl sites for hydroxylation is 1. The van der Waals surface area contributed by atoms with Gasteiger partial charge < -0.3 is 4.42 Å². The van der Waals surface area contributed by atoms with Gasteiger partial charge in [0.2, 0.25) is 0 Å². The summed E-state index contributed by atoms with van der Waals surface area (Å²) in [6.45, 7) is 1.95. The highest BCUT2D eigenvalue weighted by Gasteiger charge is 2.14. The first kappa shape index (κ1) is 10.4. The van der Waals surface area contributed by atoms with Crippen LogP contribution in [0, 0.1) is 6.92 Å². The molecule has 15 heavy (non-hydrogen) atoms. The SMILES string of the molecule is Cc1occc1C(Cc1ccsc1)NN. The van der Waals surface area contributed by atoms with Crippen LogP contribution >= 0.6 is 11.3 Å². The van der Waals surface area contributed by atoms with Gasteiger partial charge in [-0.05, 0) is 41.8 Å². The average molecular weight is 222 g/mol.